The van der Waals surface area contributed by atoms with Crippen LogP contribution in [0.5, 0.6) is 0 Å². The Bertz CT molecular complexity index is 230. The number of likely N-dealkylation sites (tertiary alicyclic amines) is 1. The highest BCUT2D eigenvalue weighted by atomic mass is 19.1. The van der Waals surface area contributed by atoms with E-state index < -0.39 is 12.1 Å². The Morgan fingerprint density at radius 2 is 2.36 bits per heavy atom. The fraction of sp³-hybridized carbons (Fsp3) is 0.700. The van der Waals surface area contributed by atoms with Crippen molar-refractivity contribution in [1.29, 1.82) is 0 Å². The molecule has 1 N–H and O–H groups in total. The molecule has 1 fully saturated rings. The molecule has 3 nitrogen and oxygen atoms in total. The zero-order valence-corrected chi connectivity index (χ0v) is 8.32. The molecule has 0 spiro atoms. The van der Waals surface area contributed by atoms with Gasteiger partial charge in [-0.15, -0.1) is 0 Å². The van der Waals surface area contributed by atoms with Gasteiger partial charge in [-0.2, -0.15) is 0 Å². The number of hydrogen-bond donors (Lipinski definition) is 1. The van der Waals surface area contributed by atoms with Crippen LogP contribution < -0.4 is 0 Å². The lowest BCUT2D eigenvalue weighted by atomic mass is 10.0. The van der Waals surface area contributed by atoms with E-state index in [1.165, 1.54) is 0 Å². The van der Waals surface area contributed by atoms with Crippen LogP contribution in [0.3, 0.4) is 0 Å². The van der Waals surface area contributed by atoms with Gasteiger partial charge in [0.25, 0.3) is 0 Å². The highest BCUT2D eigenvalue weighted by molar-refractivity contribution is 5.79. The molecule has 14 heavy (non-hydrogen) atoms. The predicted octanol–water partition coefficient (Wildman–Crippen LogP) is 1.45. The molecule has 2 atom stereocenters. The first-order valence-electron chi connectivity index (χ1n) is 4.92. The van der Waals surface area contributed by atoms with Gasteiger partial charge in [-0.3, -0.25) is 4.90 Å². The fourth-order valence-corrected chi connectivity index (χ4v) is 1.79. The third-order valence-corrected chi connectivity index (χ3v) is 2.54. The Balaban J connectivity index is 2.54. The van der Waals surface area contributed by atoms with Crippen molar-refractivity contribution >= 4 is 5.97 Å². The molecule has 1 rings (SSSR count). The van der Waals surface area contributed by atoms with Gasteiger partial charge in [-0.1, -0.05) is 13.0 Å². The highest BCUT2D eigenvalue weighted by Gasteiger charge is 2.25. The van der Waals surface area contributed by atoms with Crippen LogP contribution in [0.1, 0.15) is 19.8 Å². The van der Waals surface area contributed by atoms with E-state index in [1.807, 2.05) is 11.8 Å². The molecule has 80 valence electrons. The topological polar surface area (TPSA) is 40.5 Å². The molecule has 0 radical (unpaired) electrons. The van der Waals surface area contributed by atoms with E-state index >= 15 is 0 Å². The van der Waals surface area contributed by atoms with Crippen LogP contribution in [0.2, 0.25) is 0 Å². The molecule has 0 saturated carbocycles. The van der Waals surface area contributed by atoms with Crippen LogP contribution in [0.15, 0.2) is 12.2 Å². The first kappa shape index (κ1) is 11.2. The summed E-state index contributed by atoms with van der Waals surface area (Å²) in [6.07, 6.45) is 3.28. The van der Waals surface area contributed by atoms with E-state index in [1.54, 1.807) is 6.08 Å². The lowest BCUT2D eigenvalue weighted by molar-refractivity contribution is -0.131. The number of halogens is 1. The molecule has 4 heteroatoms. The molecule has 0 aliphatic carbocycles. The largest absolute Gasteiger partial charge is 0.478 e. The van der Waals surface area contributed by atoms with Crippen molar-refractivity contribution in [1.82, 2.24) is 4.90 Å². The summed E-state index contributed by atoms with van der Waals surface area (Å²) in [4.78, 5) is 12.3. The summed E-state index contributed by atoms with van der Waals surface area (Å²) in [6, 6.07) is 0.0862. The number of carboxylic acid groups (broad SMARTS) is 1. The molecular formula is C10H16FNO2. The van der Waals surface area contributed by atoms with Crippen molar-refractivity contribution in [2.75, 3.05) is 13.1 Å². The Hall–Kier alpha value is -0.900. The van der Waals surface area contributed by atoms with E-state index in [2.05, 4.69) is 0 Å². The van der Waals surface area contributed by atoms with Gasteiger partial charge >= 0.3 is 5.97 Å². The number of alkyl halides is 1. The van der Waals surface area contributed by atoms with Gasteiger partial charge in [-0.05, 0) is 19.4 Å². The van der Waals surface area contributed by atoms with Crippen molar-refractivity contribution < 1.29 is 14.3 Å². The summed E-state index contributed by atoms with van der Waals surface area (Å²) in [5.74, 6) is -0.941. The number of hydrogen-bond acceptors (Lipinski definition) is 2. The zero-order valence-electron chi connectivity index (χ0n) is 8.32. The second-order valence-electron chi connectivity index (χ2n) is 3.53. The van der Waals surface area contributed by atoms with Crippen molar-refractivity contribution in [2.24, 2.45) is 0 Å². The fourth-order valence-electron chi connectivity index (χ4n) is 1.79. The van der Waals surface area contributed by atoms with Crippen LogP contribution in [-0.4, -0.2) is 41.3 Å². The van der Waals surface area contributed by atoms with Gasteiger partial charge in [0.05, 0.1) is 0 Å². The molecule has 1 aliphatic rings. The van der Waals surface area contributed by atoms with Crippen molar-refractivity contribution in [3.05, 3.63) is 12.2 Å². The molecule has 2 unspecified atom stereocenters. The number of nitrogens with zero attached hydrogens (tertiary/aromatic N) is 1. The van der Waals surface area contributed by atoms with Gasteiger partial charge in [0.1, 0.15) is 6.17 Å². The monoisotopic (exact) mass is 201 g/mol. The van der Waals surface area contributed by atoms with E-state index in [9.17, 15) is 9.18 Å². The van der Waals surface area contributed by atoms with Crippen molar-refractivity contribution in [3.63, 3.8) is 0 Å². The van der Waals surface area contributed by atoms with Crippen LogP contribution in [0.4, 0.5) is 4.39 Å². The maximum atomic E-state index is 13.0. The Kier molecular flexibility index (Phi) is 4.07. The van der Waals surface area contributed by atoms with Gasteiger partial charge in [-0.25, -0.2) is 9.18 Å². The summed E-state index contributed by atoms with van der Waals surface area (Å²) >= 11 is 0. The molecule has 0 bridgehead atoms. The molecule has 1 heterocycles. The molecule has 1 aliphatic heterocycles. The molecule has 0 amide bonds. The number of rotatable bonds is 3. The SMILES string of the molecule is CCN1CC(F)CCC1/C=C/C(=O)O. The van der Waals surface area contributed by atoms with Gasteiger partial charge in [0.15, 0.2) is 0 Å². The van der Waals surface area contributed by atoms with Crippen LogP contribution >= 0.6 is 0 Å². The number of likely N-dealkylation sites (N-methyl/N-ethyl adjacent to an activating group) is 1. The van der Waals surface area contributed by atoms with Crippen LogP contribution in [0, 0.1) is 0 Å². The summed E-state index contributed by atoms with van der Waals surface area (Å²) < 4.78 is 13.0. The van der Waals surface area contributed by atoms with E-state index in [0.717, 1.165) is 12.6 Å². The minimum atomic E-state index is -0.941. The number of carbonyl (C=O) groups is 1. The Labute approximate surface area is 83.2 Å². The minimum Gasteiger partial charge on any atom is -0.478 e. The molecule has 1 saturated heterocycles. The van der Waals surface area contributed by atoms with Crippen molar-refractivity contribution in [3.8, 4) is 0 Å². The smallest absolute Gasteiger partial charge is 0.328 e. The highest BCUT2D eigenvalue weighted by Crippen LogP contribution is 2.19. The van der Waals surface area contributed by atoms with E-state index in [0.29, 0.717) is 19.4 Å². The molecule has 0 aromatic carbocycles. The lowest BCUT2D eigenvalue weighted by Gasteiger charge is -2.34. The van der Waals surface area contributed by atoms with Gasteiger partial charge in [0, 0.05) is 18.7 Å². The van der Waals surface area contributed by atoms with Gasteiger partial charge < -0.3 is 5.11 Å². The minimum absolute atomic E-state index is 0.0862. The zero-order chi connectivity index (χ0) is 10.6. The number of carboxylic acids is 1. The van der Waals surface area contributed by atoms with E-state index in [-0.39, 0.29) is 6.04 Å². The summed E-state index contributed by atoms with van der Waals surface area (Å²) in [5, 5.41) is 8.48. The summed E-state index contributed by atoms with van der Waals surface area (Å²) in [5.41, 5.74) is 0. The first-order valence-corrected chi connectivity index (χ1v) is 4.92. The lowest BCUT2D eigenvalue weighted by Crippen LogP contribution is -2.43. The Morgan fingerprint density at radius 3 is 2.93 bits per heavy atom. The number of piperidine rings is 1. The van der Waals surface area contributed by atoms with Crippen LogP contribution in [-0.2, 0) is 4.79 Å². The second kappa shape index (κ2) is 5.10. The van der Waals surface area contributed by atoms with Crippen molar-refractivity contribution in [2.45, 2.75) is 32.0 Å². The number of aliphatic carboxylic acids is 1. The molecule has 0 aromatic heterocycles. The molecule has 0 aromatic rings. The Morgan fingerprint density at radius 1 is 1.64 bits per heavy atom. The quantitative estimate of drug-likeness (QED) is 0.702. The normalized spacial score (nSPS) is 29.6. The average molecular weight is 201 g/mol. The standard InChI is InChI=1S/C10H16FNO2/c1-2-12-7-8(11)3-4-9(12)5-6-10(13)14/h5-6,8-9H,2-4,7H2,1H3,(H,13,14)/b6-5+. The van der Waals surface area contributed by atoms with Gasteiger partial charge in [0.2, 0.25) is 0 Å². The summed E-state index contributed by atoms with van der Waals surface area (Å²) in [6.45, 7) is 3.14. The van der Waals surface area contributed by atoms with Crippen LogP contribution in [0.25, 0.3) is 0 Å². The first-order chi connectivity index (χ1) is 6.63. The summed E-state index contributed by atoms with van der Waals surface area (Å²) in [7, 11) is 0. The second-order valence-corrected chi connectivity index (χ2v) is 3.53. The van der Waals surface area contributed by atoms with E-state index in [4.69, 9.17) is 5.11 Å². The third-order valence-electron chi connectivity index (χ3n) is 2.54. The maximum absolute atomic E-state index is 13.0. The third kappa shape index (κ3) is 3.10. The average Bonchev–Trinajstić information content (AvgIpc) is 2.15. The maximum Gasteiger partial charge on any atom is 0.328 e. The molecular weight excluding hydrogens is 185 g/mol. The predicted molar refractivity (Wildman–Crippen MR) is 51.9 cm³/mol.